The zero-order valence-electron chi connectivity index (χ0n) is 16.2. The largest absolute Gasteiger partial charge is 0.454 e. The van der Waals surface area contributed by atoms with Gasteiger partial charge >= 0.3 is 0 Å². The van der Waals surface area contributed by atoms with E-state index in [0.29, 0.717) is 34.2 Å². The average molecular weight is 436 g/mol. The highest BCUT2D eigenvalue weighted by atomic mass is 32.2. The molecule has 6 nitrogen and oxygen atoms in total. The molecule has 1 saturated heterocycles. The molecule has 3 aromatic carbocycles. The fraction of sp³-hybridized carbons (Fsp3) is 0.130. The van der Waals surface area contributed by atoms with Crippen LogP contribution in [0.15, 0.2) is 66.7 Å². The molecule has 2 amide bonds. The predicted molar refractivity (Wildman–Crippen MR) is 116 cm³/mol. The van der Waals surface area contributed by atoms with Crippen molar-refractivity contribution in [2.24, 2.45) is 0 Å². The third-order valence-corrected chi connectivity index (χ3v) is 6.27. The van der Waals surface area contributed by atoms with Gasteiger partial charge in [0.2, 0.25) is 12.7 Å². The molecule has 0 saturated carbocycles. The van der Waals surface area contributed by atoms with Gasteiger partial charge < -0.3 is 14.8 Å². The number of thioether (sulfide) groups is 1. The third kappa shape index (κ3) is 3.82. The molecule has 2 aliphatic rings. The zero-order valence-corrected chi connectivity index (χ0v) is 17.0. The van der Waals surface area contributed by atoms with E-state index in [2.05, 4.69) is 5.32 Å². The Labute approximate surface area is 182 Å². The highest BCUT2D eigenvalue weighted by molar-refractivity contribution is 8.00. The van der Waals surface area contributed by atoms with Gasteiger partial charge in [-0.05, 0) is 60.2 Å². The number of hydrogen-bond donors (Lipinski definition) is 1. The maximum atomic E-state index is 13.3. The van der Waals surface area contributed by atoms with Gasteiger partial charge in [-0.3, -0.25) is 14.5 Å². The first-order valence-electron chi connectivity index (χ1n) is 9.59. The molecule has 8 heteroatoms. The van der Waals surface area contributed by atoms with Crippen molar-refractivity contribution in [1.29, 1.82) is 0 Å². The van der Waals surface area contributed by atoms with Crippen molar-refractivity contribution in [2.75, 3.05) is 22.8 Å². The fourth-order valence-corrected chi connectivity index (χ4v) is 4.70. The molecule has 0 aliphatic carbocycles. The maximum absolute atomic E-state index is 13.3. The van der Waals surface area contributed by atoms with Crippen LogP contribution in [0.25, 0.3) is 0 Å². The number of fused-ring (bicyclic) bond motifs is 1. The molecule has 2 heterocycles. The summed E-state index contributed by atoms with van der Waals surface area (Å²) in [4.78, 5) is 26.7. The quantitative estimate of drug-likeness (QED) is 0.648. The highest BCUT2D eigenvalue weighted by Gasteiger charge is 2.34. The molecule has 0 spiro atoms. The molecule has 0 bridgehead atoms. The summed E-state index contributed by atoms with van der Waals surface area (Å²) in [5.74, 6) is 0.889. The lowest BCUT2D eigenvalue weighted by atomic mass is 10.1. The van der Waals surface area contributed by atoms with Crippen LogP contribution in [0.1, 0.15) is 21.3 Å². The SMILES string of the molecule is O=C(Nc1ccc([C@@H]2SCC(=O)N2c2ccc(F)cc2)cc1)c1ccc2c(c1)OCO2. The first kappa shape index (κ1) is 19.4. The Morgan fingerprint density at radius 2 is 1.74 bits per heavy atom. The van der Waals surface area contributed by atoms with E-state index in [9.17, 15) is 14.0 Å². The molecule has 156 valence electrons. The van der Waals surface area contributed by atoms with Gasteiger partial charge in [0, 0.05) is 16.9 Å². The summed E-state index contributed by atoms with van der Waals surface area (Å²) in [6, 6.07) is 18.3. The second kappa shape index (κ2) is 7.96. The number of nitrogens with zero attached hydrogens (tertiary/aromatic N) is 1. The molecule has 0 unspecified atom stereocenters. The van der Waals surface area contributed by atoms with Crippen molar-refractivity contribution in [1.82, 2.24) is 0 Å². The lowest BCUT2D eigenvalue weighted by Crippen LogP contribution is -2.27. The number of benzene rings is 3. The van der Waals surface area contributed by atoms with Crippen LogP contribution in [0.2, 0.25) is 0 Å². The first-order chi connectivity index (χ1) is 15.1. The van der Waals surface area contributed by atoms with Crippen LogP contribution in [0, 0.1) is 5.82 Å². The molecule has 5 rings (SSSR count). The van der Waals surface area contributed by atoms with Crippen LogP contribution in [0.4, 0.5) is 15.8 Å². The second-order valence-corrected chi connectivity index (χ2v) is 8.12. The first-order valence-corrected chi connectivity index (χ1v) is 10.6. The molecule has 0 aromatic heterocycles. The summed E-state index contributed by atoms with van der Waals surface area (Å²) in [5.41, 5.74) is 2.67. The summed E-state index contributed by atoms with van der Waals surface area (Å²) in [6.07, 6.45) is 0. The average Bonchev–Trinajstić information content (AvgIpc) is 3.41. The topological polar surface area (TPSA) is 67.9 Å². The number of ether oxygens (including phenoxy) is 2. The van der Waals surface area contributed by atoms with Gasteiger partial charge in [-0.1, -0.05) is 12.1 Å². The molecular formula is C23H17FN2O4S. The number of rotatable bonds is 4. The number of nitrogens with one attached hydrogen (secondary N) is 1. The van der Waals surface area contributed by atoms with E-state index in [-0.39, 0.29) is 29.8 Å². The summed E-state index contributed by atoms with van der Waals surface area (Å²) in [6.45, 7) is 0.151. The Bertz CT molecular complexity index is 1150. The van der Waals surface area contributed by atoms with Crippen LogP contribution in [0.3, 0.4) is 0 Å². The van der Waals surface area contributed by atoms with Crippen molar-refractivity contribution in [2.45, 2.75) is 5.37 Å². The van der Waals surface area contributed by atoms with Gasteiger partial charge in [0.15, 0.2) is 11.5 Å². The van der Waals surface area contributed by atoms with Gasteiger partial charge in [0.25, 0.3) is 5.91 Å². The van der Waals surface area contributed by atoms with Crippen LogP contribution in [0.5, 0.6) is 11.5 Å². The molecule has 31 heavy (non-hydrogen) atoms. The van der Waals surface area contributed by atoms with Crippen molar-refractivity contribution in [3.63, 3.8) is 0 Å². The van der Waals surface area contributed by atoms with E-state index >= 15 is 0 Å². The summed E-state index contributed by atoms with van der Waals surface area (Å²) in [7, 11) is 0. The van der Waals surface area contributed by atoms with E-state index in [1.165, 1.54) is 23.9 Å². The number of carbonyl (C=O) groups is 2. The smallest absolute Gasteiger partial charge is 0.255 e. The van der Waals surface area contributed by atoms with Crippen molar-refractivity contribution in [3.05, 3.63) is 83.7 Å². The molecule has 1 N–H and O–H groups in total. The highest BCUT2D eigenvalue weighted by Crippen LogP contribution is 2.42. The number of anilines is 2. The van der Waals surface area contributed by atoms with Gasteiger partial charge in [-0.25, -0.2) is 4.39 Å². The van der Waals surface area contributed by atoms with Gasteiger partial charge in [-0.15, -0.1) is 11.8 Å². The minimum absolute atomic E-state index is 0.0261. The van der Waals surface area contributed by atoms with Crippen molar-refractivity contribution >= 4 is 35.0 Å². The molecule has 3 aromatic rings. The van der Waals surface area contributed by atoms with Crippen molar-refractivity contribution < 1.29 is 23.5 Å². The Morgan fingerprint density at radius 1 is 1.00 bits per heavy atom. The Hall–Kier alpha value is -3.52. The molecule has 1 fully saturated rings. The summed E-state index contributed by atoms with van der Waals surface area (Å²) >= 11 is 1.51. The maximum Gasteiger partial charge on any atom is 0.255 e. The van der Waals surface area contributed by atoms with E-state index in [1.54, 1.807) is 47.4 Å². The Kier molecular flexibility index (Phi) is 4.99. The second-order valence-electron chi connectivity index (χ2n) is 7.05. The van der Waals surface area contributed by atoms with Crippen LogP contribution in [-0.4, -0.2) is 24.4 Å². The monoisotopic (exact) mass is 436 g/mol. The number of carbonyl (C=O) groups excluding carboxylic acids is 2. The number of amides is 2. The normalized spacial score (nSPS) is 17.1. The summed E-state index contributed by atoms with van der Waals surface area (Å²) < 4.78 is 23.9. The Balaban J connectivity index is 1.32. The summed E-state index contributed by atoms with van der Waals surface area (Å²) in [5, 5.41) is 2.65. The van der Waals surface area contributed by atoms with Crippen LogP contribution in [-0.2, 0) is 4.79 Å². The van der Waals surface area contributed by atoms with E-state index < -0.39 is 0 Å². The zero-order chi connectivity index (χ0) is 21.4. The minimum Gasteiger partial charge on any atom is -0.454 e. The lowest BCUT2D eigenvalue weighted by Gasteiger charge is -2.24. The van der Waals surface area contributed by atoms with E-state index in [0.717, 1.165) is 5.56 Å². The van der Waals surface area contributed by atoms with Gasteiger partial charge in [0.05, 0.1) is 5.75 Å². The fourth-order valence-electron chi connectivity index (χ4n) is 3.52. The van der Waals surface area contributed by atoms with Gasteiger partial charge in [0.1, 0.15) is 11.2 Å². The van der Waals surface area contributed by atoms with E-state index in [1.807, 2.05) is 12.1 Å². The van der Waals surface area contributed by atoms with Crippen LogP contribution >= 0.6 is 11.8 Å². The lowest BCUT2D eigenvalue weighted by molar-refractivity contribution is -0.115. The minimum atomic E-state index is -0.345. The predicted octanol–water partition coefficient (Wildman–Crippen LogP) is 4.59. The Morgan fingerprint density at radius 3 is 2.52 bits per heavy atom. The van der Waals surface area contributed by atoms with Gasteiger partial charge in [-0.2, -0.15) is 0 Å². The molecule has 0 radical (unpaired) electrons. The molecular weight excluding hydrogens is 419 g/mol. The van der Waals surface area contributed by atoms with Crippen LogP contribution < -0.4 is 19.7 Å². The third-order valence-electron chi connectivity index (χ3n) is 5.06. The van der Waals surface area contributed by atoms with E-state index in [4.69, 9.17) is 9.47 Å². The number of hydrogen-bond acceptors (Lipinski definition) is 5. The molecule has 2 aliphatic heterocycles. The molecule has 1 atom stereocenters. The van der Waals surface area contributed by atoms with Crippen molar-refractivity contribution in [3.8, 4) is 11.5 Å². The number of halogens is 1. The standard InChI is InChI=1S/C23H17FN2O4S/c24-16-4-8-18(9-5-16)26-21(27)12-31-23(26)14-1-6-17(7-2-14)25-22(28)15-3-10-19-20(11-15)30-13-29-19/h1-11,23H,12-13H2,(H,25,28)/t23-/m0/s1.